The topological polar surface area (TPSA) is 85.8 Å². The predicted octanol–water partition coefficient (Wildman–Crippen LogP) is 1.52. The van der Waals surface area contributed by atoms with E-state index in [9.17, 15) is 9.59 Å². The van der Waals surface area contributed by atoms with Gasteiger partial charge >= 0.3 is 0 Å². The van der Waals surface area contributed by atoms with Crippen LogP contribution in [0.2, 0.25) is 0 Å². The molecule has 0 spiro atoms. The number of aryl methyl sites for hydroxylation is 1. The maximum Gasteiger partial charge on any atom is 0.251 e. The summed E-state index contributed by atoms with van der Waals surface area (Å²) in [6.45, 7) is 7.45. The molecule has 1 saturated heterocycles. The minimum absolute atomic E-state index is 0. The zero-order valence-corrected chi connectivity index (χ0v) is 18.4. The first kappa shape index (κ1) is 23.2. The van der Waals surface area contributed by atoms with Gasteiger partial charge in [-0.1, -0.05) is 17.7 Å². The van der Waals surface area contributed by atoms with E-state index in [1.54, 1.807) is 6.07 Å². The molecule has 0 unspecified atom stereocenters. The second-order valence-electron chi connectivity index (χ2n) is 6.34. The summed E-state index contributed by atoms with van der Waals surface area (Å²) in [6.07, 6.45) is 2.16. The van der Waals surface area contributed by atoms with Crippen molar-refractivity contribution in [2.45, 2.75) is 26.7 Å². The first-order valence-corrected chi connectivity index (χ1v) is 9.25. The first-order chi connectivity index (χ1) is 12.6. The van der Waals surface area contributed by atoms with Gasteiger partial charge in [0, 0.05) is 38.3 Å². The number of nitrogens with one attached hydrogen (secondary N) is 3. The van der Waals surface area contributed by atoms with E-state index in [1.807, 2.05) is 36.9 Å². The molecule has 0 aromatic heterocycles. The van der Waals surface area contributed by atoms with E-state index in [-0.39, 0.29) is 42.3 Å². The molecule has 2 rings (SSSR count). The fourth-order valence-electron chi connectivity index (χ4n) is 2.80. The van der Waals surface area contributed by atoms with Gasteiger partial charge < -0.3 is 20.9 Å². The third-order valence-electron chi connectivity index (χ3n) is 4.16. The number of rotatable bonds is 7. The zero-order valence-electron chi connectivity index (χ0n) is 16.1. The molecule has 1 aliphatic rings. The van der Waals surface area contributed by atoms with Crippen LogP contribution < -0.4 is 16.0 Å². The van der Waals surface area contributed by atoms with Crippen LogP contribution in [0.25, 0.3) is 0 Å². The van der Waals surface area contributed by atoms with Crippen LogP contribution in [0.15, 0.2) is 29.3 Å². The van der Waals surface area contributed by atoms with Gasteiger partial charge in [-0.3, -0.25) is 9.59 Å². The highest BCUT2D eigenvalue weighted by Crippen LogP contribution is 2.07. The number of hydrogen-bond donors (Lipinski definition) is 3. The van der Waals surface area contributed by atoms with Gasteiger partial charge in [-0.05, 0) is 38.8 Å². The van der Waals surface area contributed by atoms with Crippen molar-refractivity contribution >= 4 is 41.8 Å². The van der Waals surface area contributed by atoms with Gasteiger partial charge in [-0.15, -0.1) is 24.0 Å². The Morgan fingerprint density at radius 2 is 1.81 bits per heavy atom. The van der Waals surface area contributed by atoms with Crippen LogP contribution in [0.5, 0.6) is 0 Å². The van der Waals surface area contributed by atoms with Gasteiger partial charge in [0.25, 0.3) is 5.91 Å². The number of nitrogens with zero attached hydrogens (tertiary/aromatic N) is 2. The van der Waals surface area contributed by atoms with E-state index in [0.29, 0.717) is 31.2 Å². The third-order valence-corrected chi connectivity index (χ3v) is 4.16. The maximum absolute atomic E-state index is 12.1. The maximum atomic E-state index is 12.1. The summed E-state index contributed by atoms with van der Waals surface area (Å²) < 4.78 is 0. The molecule has 0 radical (unpaired) electrons. The van der Waals surface area contributed by atoms with E-state index in [4.69, 9.17) is 0 Å². The Hall–Kier alpha value is -1.84. The Balaban J connectivity index is 0.00000364. The lowest BCUT2D eigenvalue weighted by Crippen LogP contribution is -2.42. The molecule has 0 aliphatic carbocycles. The van der Waals surface area contributed by atoms with E-state index >= 15 is 0 Å². The van der Waals surface area contributed by atoms with Crippen molar-refractivity contribution in [1.82, 2.24) is 20.9 Å². The molecule has 1 aromatic carbocycles. The highest BCUT2D eigenvalue weighted by atomic mass is 127. The molecule has 3 N–H and O–H groups in total. The Morgan fingerprint density at radius 3 is 2.48 bits per heavy atom. The number of amides is 2. The van der Waals surface area contributed by atoms with Crippen LogP contribution in [-0.2, 0) is 4.79 Å². The SMILES string of the molecule is CCNC(=NCC(=O)N1CCCC1)NCCNC(=O)c1cccc(C)c1.I. The normalized spacial score (nSPS) is 13.7. The molecule has 0 saturated carbocycles. The quantitative estimate of drug-likeness (QED) is 0.236. The molecule has 1 aromatic rings. The van der Waals surface area contributed by atoms with Gasteiger partial charge in [0.15, 0.2) is 5.96 Å². The van der Waals surface area contributed by atoms with Crippen LogP contribution in [-0.4, -0.2) is 61.9 Å². The number of likely N-dealkylation sites (tertiary alicyclic amines) is 1. The van der Waals surface area contributed by atoms with Crippen molar-refractivity contribution in [2.24, 2.45) is 4.99 Å². The Kier molecular flexibility index (Phi) is 10.8. The lowest BCUT2D eigenvalue weighted by Gasteiger charge is -2.15. The van der Waals surface area contributed by atoms with Gasteiger partial charge in [-0.25, -0.2) is 4.99 Å². The number of aliphatic imine (C=N–C) groups is 1. The van der Waals surface area contributed by atoms with E-state index < -0.39 is 0 Å². The summed E-state index contributed by atoms with van der Waals surface area (Å²) in [4.78, 5) is 30.3. The second kappa shape index (κ2) is 12.5. The molecule has 150 valence electrons. The van der Waals surface area contributed by atoms with E-state index in [1.165, 1.54) is 0 Å². The molecule has 1 aliphatic heterocycles. The first-order valence-electron chi connectivity index (χ1n) is 9.25. The molecular weight excluding hydrogens is 457 g/mol. The smallest absolute Gasteiger partial charge is 0.251 e. The summed E-state index contributed by atoms with van der Waals surface area (Å²) in [7, 11) is 0. The second-order valence-corrected chi connectivity index (χ2v) is 6.34. The molecule has 2 amide bonds. The van der Waals surface area contributed by atoms with Gasteiger partial charge in [0.2, 0.25) is 5.91 Å². The predicted molar refractivity (Wildman–Crippen MR) is 119 cm³/mol. The summed E-state index contributed by atoms with van der Waals surface area (Å²) in [5, 5.41) is 9.12. The van der Waals surface area contributed by atoms with Crippen molar-refractivity contribution in [3.05, 3.63) is 35.4 Å². The van der Waals surface area contributed by atoms with Crippen LogP contribution >= 0.6 is 24.0 Å². The van der Waals surface area contributed by atoms with E-state index in [0.717, 1.165) is 31.5 Å². The number of halogens is 1. The van der Waals surface area contributed by atoms with Crippen molar-refractivity contribution in [3.63, 3.8) is 0 Å². The van der Waals surface area contributed by atoms with Crippen LogP contribution in [0.3, 0.4) is 0 Å². The van der Waals surface area contributed by atoms with Crippen LogP contribution in [0.1, 0.15) is 35.7 Å². The zero-order chi connectivity index (χ0) is 18.8. The molecular formula is C19H30IN5O2. The minimum atomic E-state index is -0.0957. The molecule has 1 fully saturated rings. The van der Waals surface area contributed by atoms with Crippen molar-refractivity contribution < 1.29 is 9.59 Å². The number of carbonyl (C=O) groups is 2. The number of carbonyl (C=O) groups excluding carboxylic acids is 2. The highest BCUT2D eigenvalue weighted by Gasteiger charge is 2.17. The van der Waals surface area contributed by atoms with Crippen LogP contribution in [0.4, 0.5) is 0 Å². The standard InChI is InChI=1S/C19H29N5O2.HI/c1-3-20-19(23-14-17(25)24-11-4-5-12-24)22-10-9-21-18(26)16-8-6-7-15(2)13-16;/h6-8,13H,3-5,9-12,14H2,1-2H3,(H,21,26)(H2,20,22,23);1H. The molecule has 7 nitrogen and oxygen atoms in total. The number of hydrogen-bond acceptors (Lipinski definition) is 3. The van der Waals surface area contributed by atoms with Gasteiger partial charge in [0.1, 0.15) is 6.54 Å². The van der Waals surface area contributed by atoms with Crippen molar-refractivity contribution in [3.8, 4) is 0 Å². The average molecular weight is 487 g/mol. The summed E-state index contributed by atoms with van der Waals surface area (Å²) in [5.74, 6) is 0.555. The van der Waals surface area contributed by atoms with Crippen molar-refractivity contribution in [1.29, 1.82) is 0 Å². The lowest BCUT2D eigenvalue weighted by molar-refractivity contribution is -0.128. The average Bonchev–Trinajstić information content (AvgIpc) is 3.17. The summed E-state index contributed by atoms with van der Waals surface area (Å²) >= 11 is 0. The molecule has 0 atom stereocenters. The van der Waals surface area contributed by atoms with Gasteiger partial charge in [-0.2, -0.15) is 0 Å². The van der Waals surface area contributed by atoms with Crippen LogP contribution in [0, 0.1) is 6.92 Å². The number of benzene rings is 1. The fraction of sp³-hybridized carbons (Fsp3) is 0.526. The third kappa shape index (κ3) is 8.15. The molecule has 8 heteroatoms. The van der Waals surface area contributed by atoms with Crippen molar-refractivity contribution in [2.75, 3.05) is 39.3 Å². The summed E-state index contributed by atoms with van der Waals surface area (Å²) in [5.41, 5.74) is 1.71. The monoisotopic (exact) mass is 487 g/mol. The summed E-state index contributed by atoms with van der Waals surface area (Å²) in [6, 6.07) is 7.49. The van der Waals surface area contributed by atoms with E-state index in [2.05, 4.69) is 20.9 Å². The Labute approximate surface area is 178 Å². The fourth-order valence-corrected chi connectivity index (χ4v) is 2.80. The lowest BCUT2D eigenvalue weighted by atomic mass is 10.1. The minimum Gasteiger partial charge on any atom is -0.357 e. The Bertz CT molecular complexity index is 645. The highest BCUT2D eigenvalue weighted by molar-refractivity contribution is 14.0. The number of guanidine groups is 1. The largest absolute Gasteiger partial charge is 0.357 e. The van der Waals surface area contributed by atoms with Gasteiger partial charge in [0.05, 0.1) is 0 Å². The molecule has 1 heterocycles. The Morgan fingerprint density at radius 1 is 1.11 bits per heavy atom. The molecule has 0 bridgehead atoms. The molecule has 27 heavy (non-hydrogen) atoms.